The standard InChI is InChI=1S/C36H48O19/c1-17-29(54-35-32(45)36(46,15-38)16-50-35)26(42)27(43)34(51-17)55-31-28(44)33(49-11-10-19-5-8-22(47-2)21(40)12-19)52-24(14-37)30(31)53-25(41)9-6-18-4-7-20(39)23(13-18)48-3/h4-9,12-13,17,24,26-35,37-40,42-46H,10-11,14-16H2,1-3H3/b9-6+/t17-,24+,26-,27+,28+,29-,30+,31+,32-,33+,34-,35-,36+/m0/s1. The van der Waals surface area contributed by atoms with Crippen molar-refractivity contribution in [1.82, 2.24) is 0 Å². The molecule has 3 aliphatic rings. The van der Waals surface area contributed by atoms with Crippen LogP contribution in [0.25, 0.3) is 6.08 Å². The second kappa shape index (κ2) is 18.5. The number of phenolic OH excluding ortho intramolecular Hbond substituents is 2. The predicted molar refractivity (Wildman–Crippen MR) is 184 cm³/mol. The van der Waals surface area contributed by atoms with Crippen molar-refractivity contribution >= 4 is 12.0 Å². The summed E-state index contributed by atoms with van der Waals surface area (Å²) in [6.45, 7) is -0.700. The average Bonchev–Trinajstić information content (AvgIpc) is 3.46. The molecule has 2 aromatic carbocycles. The Kier molecular flexibility index (Phi) is 14.3. The summed E-state index contributed by atoms with van der Waals surface area (Å²) in [4.78, 5) is 13.1. The molecule has 0 spiro atoms. The second-order valence-corrected chi connectivity index (χ2v) is 13.3. The minimum absolute atomic E-state index is 0.0700. The number of carbonyl (C=O) groups is 1. The van der Waals surface area contributed by atoms with Crippen molar-refractivity contribution in [2.75, 3.05) is 40.6 Å². The number of methoxy groups -OCH3 is 2. The van der Waals surface area contributed by atoms with E-state index in [0.29, 0.717) is 11.1 Å². The third-order valence-corrected chi connectivity index (χ3v) is 9.52. The van der Waals surface area contributed by atoms with Crippen LogP contribution in [0.1, 0.15) is 18.1 Å². The number of hydrogen-bond acceptors (Lipinski definition) is 19. The predicted octanol–water partition coefficient (Wildman–Crippen LogP) is -1.94. The van der Waals surface area contributed by atoms with E-state index in [9.17, 15) is 50.8 Å². The fraction of sp³-hybridized carbons (Fsp3) is 0.583. The topological polar surface area (TPSA) is 282 Å². The van der Waals surface area contributed by atoms with E-state index in [2.05, 4.69) is 0 Å². The summed E-state index contributed by atoms with van der Waals surface area (Å²) in [5, 5.41) is 94.4. The van der Waals surface area contributed by atoms with Crippen molar-refractivity contribution < 1.29 is 93.4 Å². The summed E-state index contributed by atoms with van der Waals surface area (Å²) in [6, 6.07) is 9.05. The number of aromatic hydroxyl groups is 2. The van der Waals surface area contributed by atoms with Crippen LogP contribution in [-0.4, -0.2) is 172 Å². The highest BCUT2D eigenvalue weighted by Gasteiger charge is 2.55. The third-order valence-electron chi connectivity index (χ3n) is 9.52. The Bertz CT molecular complexity index is 1610. The first-order valence-electron chi connectivity index (χ1n) is 17.4. The molecule has 55 heavy (non-hydrogen) atoms. The molecule has 0 bridgehead atoms. The quantitative estimate of drug-likeness (QED) is 0.0701. The molecule has 0 aromatic heterocycles. The molecule has 306 valence electrons. The monoisotopic (exact) mass is 784 g/mol. The molecule has 0 radical (unpaired) electrons. The molecule has 3 heterocycles. The Morgan fingerprint density at radius 3 is 2.24 bits per heavy atom. The maximum atomic E-state index is 13.1. The van der Waals surface area contributed by atoms with Crippen LogP contribution in [0.4, 0.5) is 0 Å². The molecule has 3 fully saturated rings. The van der Waals surface area contributed by atoms with E-state index in [1.807, 2.05) is 0 Å². The lowest BCUT2D eigenvalue weighted by Gasteiger charge is -2.47. The number of esters is 1. The summed E-state index contributed by atoms with van der Waals surface area (Å²) in [6.07, 6.45) is -16.2. The van der Waals surface area contributed by atoms with Gasteiger partial charge in [0.15, 0.2) is 48.0 Å². The summed E-state index contributed by atoms with van der Waals surface area (Å²) in [7, 11) is 2.76. The van der Waals surface area contributed by atoms with Gasteiger partial charge in [0.1, 0.15) is 48.3 Å². The number of aliphatic hydroxyl groups excluding tert-OH is 6. The van der Waals surface area contributed by atoms with E-state index in [4.69, 9.17) is 42.6 Å². The van der Waals surface area contributed by atoms with E-state index in [1.54, 1.807) is 12.1 Å². The van der Waals surface area contributed by atoms with Crippen molar-refractivity contribution in [1.29, 1.82) is 0 Å². The number of ether oxygens (including phenoxy) is 9. The molecule has 0 saturated carbocycles. The molecule has 2 aromatic rings. The third kappa shape index (κ3) is 9.66. The lowest BCUT2D eigenvalue weighted by molar-refractivity contribution is -0.365. The van der Waals surface area contributed by atoms with E-state index in [0.717, 1.165) is 6.08 Å². The van der Waals surface area contributed by atoms with Gasteiger partial charge in [0, 0.05) is 6.08 Å². The highest BCUT2D eigenvalue weighted by Crippen LogP contribution is 2.35. The molecular formula is C36H48O19. The SMILES string of the molecule is COc1ccc(CCO[C@@H]2O[C@H](CO)[C@@H](OC(=O)/C=C/c3ccc(O)c(OC)c3)[C@H](O[C@@H]3O[C@@H](C)[C@H](O[C@@H]4OC[C@](O)(CO)[C@H]4O)[C@@H](O)[C@H]3O)[C@H]2O)cc1O. The number of hydrogen-bond donors (Lipinski definition) is 9. The number of phenols is 2. The van der Waals surface area contributed by atoms with Gasteiger partial charge >= 0.3 is 5.97 Å². The molecular weight excluding hydrogens is 736 g/mol. The molecule has 0 unspecified atom stereocenters. The molecule has 19 nitrogen and oxygen atoms in total. The number of rotatable bonds is 15. The zero-order chi connectivity index (χ0) is 40.0. The smallest absolute Gasteiger partial charge is 0.331 e. The van der Waals surface area contributed by atoms with Crippen molar-refractivity contribution in [3.05, 3.63) is 53.6 Å². The van der Waals surface area contributed by atoms with Gasteiger partial charge in [0.25, 0.3) is 0 Å². The zero-order valence-electron chi connectivity index (χ0n) is 30.2. The van der Waals surface area contributed by atoms with Gasteiger partial charge in [0.05, 0.1) is 46.8 Å². The first-order valence-corrected chi connectivity index (χ1v) is 17.4. The van der Waals surface area contributed by atoms with Crippen LogP contribution < -0.4 is 9.47 Å². The van der Waals surface area contributed by atoms with Crippen LogP contribution in [-0.2, 0) is 44.4 Å². The summed E-state index contributed by atoms with van der Waals surface area (Å²) < 4.78 is 50.2. The molecule has 19 heteroatoms. The first-order chi connectivity index (χ1) is 26.2. The lowest BCUT2D eigenvalue weighted by atomic mass is 9.96. The van der Waals surface area contributed by atoms with Crippen LogP contribution in [0, 0.1) is 0 Å². The van der Waals surface area contributed by atoms with Gasteiger partial charge in [-0.3, -0.25) is 0 Å². The van der Waals surface area contributed by atoms with Crippen molar-refractivity contribution in [3.63, 3.8) is 0 Å². The van der Waals surface area contributed by atoms with Gasteiger partial charge in [-0.15, -0.1) is 0 Å². The number of carbonyl (C=O) groups excluding carboxylic acids is 1. The van der Waals surface area contributed by atoms with Crippen molar-refractivity contribution in [2.45, 2.75) is 92.8 Å². The molecule has 5 rings (SSSR count). The molecule has 0 aliphatic carbocycles. The maximum absolute atomic E-state index is 13.1. The van der Waals surface area contributed by atoms with Crippen LogP contribution in [0.15, 0.2) is 42.5 Å². The molecule has 0 amide bonds. The summed E-state index contributed by atoms with van der Waals surface area (Å²) >= 11 is 0. The largest absolute Gasteiger partial charge is 0.504 e. The molecule has 9 N–H and O–H groups in total. The minimum Gasteiger partial charge on any atom is -0.504 e. The minimum atomic E-state index is -2.02. The van der Waals surface area contributed by atoms with Gasteiger partial charge < -0.3 is 88.6 Å². The van der Waals surface area contributed by atoms with Crippen LogP contribution in [0.3, 0.4) is 0 Å². The van der Waals surface area contributed by atoms with Gasteiger partial charge in [0.2, 0.25) is 0 Å². The molecule has 3 saturated heterocycles. The molecule has 13 atom stereocenters. The van der Waals surface area contributed by atoms with Gasteiger partial charge in [-0.1, -0.05) is 12.1 Å². The second-order valence-electron chi connectivity index (χ2n) is 13.3. The highest BCUT2D eigenvalue weighted by molar-refractivity contribution is 5.87. The van der Waals surface area contributed by atoms with Crippen LogP contribution >= 0.6 is 0 Å². The number of benzene rings is 2. The summed E-state index contributed by atoms with van der Waals surface area (Å²) in [5.41, 5.74) is -0.920. The zero-order valence-corrected chi connectivity index (χ0v) is 30.2. The van der Waals surface area contributed by atoms with E-state index >= 15 is 0 Å². The highest BCUT2D eigenvalue weighted by atomic mass is 16.8. The van der Waals surface area contributed by atoms with E-state index in [1.165, 1.54) is 51.5 Å². The average molecular weight is 785 g/mol. The Labute approximate surface area is 315 Å². The maximum Gasteiger partial charge on any atom is 0.331 e. The molecule has 3 aliphatic heterocycles. The van der Waals surface area contributed by atoms with Crippen molar-refractivity contribution in [2.24, 2.45) is 0 Å². The fourth-order valence-corrected chi connectivity index (χ4v) is 6.32. The van der Waals surface area contributed by atoms with Gasteiger partial charge in [-0.2, -0.15) is 0 Å². The normalized spacial score (nSPS) is 35.2. The van der Waals surface area contributed by atoms with E-state index in [-0.39, 0.29) is 36.0 Å². The Balaban J connectivity index is 1.33. The van der Waals surface area contributed by atoms with Crippen LogP contribution in [0.5, 0.6) is 23.0 Å². The summed E-state index contributed by atoms with van der Waals surface area (Å²) in [5.74, 6) is -0.773. The van der Waals surface area contributed by atoms with Gasteiger partial charge in [-0.25, -0.2) is 4.79 Å². The Hall–Kier alpha value is -3.67. The fourth-order valence-electron chi connectivity index (χ4n) is 6.32. The van der Waals surface area contributed by atoms with Crippen LogP contribution in [0.2, 0.25) is 0 Å². The van der Waals surface area contributed by atoms with Crippen molar-refractivity contribution in [3.8, 4) is 23.0 Å². The first kappa shape index (κ1) is 42.5. The Morgan fingerprint density at radius 1 is 0.855 bits per heavy atom. The number of aliphatic hydroxyl groups is 7. The van der Waals surface area contributed by atoms with E-state index < -0.39 is 105 Å². The Morgan fingerprint density at radius 2 is 1.58 bits per heavy atom. The lowest BCUT2D eigenvalue weighted by Crippen LogP contribution is -2.65. The van der Waals surface area contributed by atoms with Gasteiger partial charge in [-0.05, 0) is 54.8 Å².